The number of hydrogen-bond donors (Lipinski definition) is 3. The normalized spacial score (nSPS) is 11.5. The molecule has 9 heteroatoms. The Hall–Kier alpha value is -3.78. The summed E-state index contributed by atoms with van der Waals surface area (Å²) in [6.07, 6.45) is -4.65. The number of halogens is 4. The van der Waals surface area contributed by atoms with Crippen LogP contribution in [0.25, 0.3) is 22.0 Å². The Labute approximate surface area is 184 Å². The van der Waals surface area contributed by atoms with Crippen LogP contribution in [0.3, 0.4) is 0 Å². The molecular weight excluding hydrogens is 445 g/mol. The van der Waals surface area contributed by atoms with E-state index in [0.29, 0.717) is 0 Å². The number of phenols is 1. The van der Waals surface area contributed by atoms with Crippen LogP contribution in [0.5, 0.6) is 5.75 Å². The number of phenolic OH excluding ortho intramolecular Hbond substituents is 1. The summed E-state index contributed by atoms with van der Waals surface area (Å²) in [7, 11) is 0. The van der Waals surface area contributed by atoms with Crippen LogP contribution >= 0.6 is 11.6 Å². The molecule has 0 aliphatic heterocycles. The lowest BCUT2D eigenvalue weighted by Crippen LogP contribution is -2.21. The van der Waals surface area contributed by atoms with Crippen molar-refractivity contribution in [3.05, 3.63) is 93.2 Å². The van der Waals surface area contributed by atoms with Gasteiger partial charge in [0.2, 0.25) is 0 Å². The maximum absolute atomic E-state index is 13.4. The summed E-state index contributed by atoms with van der Waals surface area (Å²) in [5, 5.41) is 13.1. The predicted molar refractivity (Wildman–Crippen MR) is 116 cm³/mol. The maximum Gasteiger partial charge on any atom is 0.416 e. The highest BCUT2D eigenvalue weighted by atomic mass is 35.5. The largest absolute Gasteiger partial charge is 0.507 e. The molecule has 0 saturated heterocycles. The highest BCUT2D eigenvalue weighted by molar-refractivity contribution is 6.31. The number of rotatable bonds is 3. The molecule has 0 saturated carbocycles. The van der Waals surface area contributed by atoms with E-state index in [1.165, 1.54) is 30.3 Å². The van der Waals surface area contributed by atoms with Crippen LogP contribution in [-0.4, -0.2) is 16.0 Å². The number of anilines is 1. The van der Waals surface area contributed by atoms with E-state index in [0.717, 1.165) is 18.2 Å². The lowest BCUT2D eigenvalue weighted by molar-refractivity contribution is -0.137. The van der Waals surface area contributed by atoms with E-state index < -0.39 is 23.2 Å². The number of carbonyl (C=O) groups is 1. The fourth-order valence-electron chi connectivity index (χ4n) is 3.35. The molecule has 3 N–H and O–H groups in total. The van der Waals surface area contributed by atoms with Crippen LogP contribution in [0.4, 0.5) is 18.9 Å². The number of alkyl halides is 3. The van der Waals surface area contributed by atoms with Crippen LogP contribution in [-0.2, 0) is 6.18 Å². The van der Waals surface area contributed by atoms with Crippen LogP contribution in [0.15, 0.2) is 71.5 Å². The third-order valence-corrected chi connectivity index (χ3v) is 5.08. The number of hydrogen-bond acceptors (Lipinski definition) is 3. The van der Waals surface area contributed by atoms with E-state index in [2.05, 4.69) is 10.3 Å². The van der Waals surface area contributed by atoms with E-state index in [1.54, 1.807) is 18.2 Å². The number of fused-ring (bicyclic) bond motifs is 1. The van der Waals surface area contributed by atoms with Gasteiger partial charge in [-0.1, -0.05) is 29.8 Å². The van der Waals surface area contributed by atoms with Crippen molar-refractivity contribution in [3.63, 3.8) is 0 Å². The number of aromatic hydroxyl groups is 1. The molecule has 32 heavy (non-hydrogen) atoms. The zero-order valence-corrected chi connectivity index (χ0v) is 16.9. The molecule has 1 heterocycles. The number of carbonyl (C=O) groups excluding carboxylic acids is 1. The molecule has 0 aliphatic rings. The summed E-state index contributed by atoms with van der Waals surface area (Å²) >= 11 is 6.05. The van der Waals surface area contributed by atoms with Gasteiger partial charge >= 0.3 is 6.18 Å². The molecule has 0 radical (unpaired) electrons. The number of H-pyrrole nitrogens is 1. The van der Waals surface area contributed by atoms with Crippen molar-refractivity contribution in [2.45, 2.75) is 6.18 Å². The molecule has 4 rings (SSSR count). The first kappa shape index (κ1) is 21.5. The molecule has 1 aromatic heterocycles. The monoisotopic (exact) mass is 458 g/mol. The number of pyridine rings is 1. The second-order valence-electron chi connectivity index (χ2n) is 6.94. The van der Waals surface area contributed by atoms with Gasteiger partial charge in [0, 0.05) is 32.6 Å². The van der Waals surface area contributed by atoms with Gasteiger partial charge in [-0.2, -0.15) is 13.2 Å². The van der Waals surface area contributed by atoms with Crippen LogP contribution in [0.2, 0.25) is 5.02 Å². The number of benzene rings is 3. The van der Waals surface area contributed by atoms with Gasteiger partial charge in [0.25, 0.3) is 11.5 Å². The lowest BCUT2D eigenvalue weighted by atomic mass is 9.96. The SMILES string of the molecule is O=C(Nc1c(-c2cc(Cl)ccc2O)c2cc(C(F)(F)F)ccc2[nH]c1=O)c1ccccc1. The van der Waals surface area contributed by atoms with Gasteiger partial charge in [0.15, 0.2) is 0 Å². The van der Waals surface area contributed by atoms with Crippen LogP contribution < -0.4 is 10.9 Å². The Balaban J connectivity index is 2.04. The first-order valence-electron chi connectivity index (χ1n) is 9.27. The standard InChI is InChI=1S/C23H14ClF3N2O3/c24-14-7-9-18(30)16(11-14)19-15-10-13(23(25,26)27)6-8-17(15)28-22(32)20(19)29-21(31)12-4-2-1-3-5-12/h1-11,30H,(H,28,32)(H,29,31). The van der Waals surface area contributed by atoms with Gasteiger partial charge in [0.1, 0.15) is 11.4 Å². The minimum Gasteiger partial charge on any atom is -0.507 e. The molecule has 5 nitrogen and oxygen atoms in total. The molecule has 0 fully saturated rings. The molecule has 0 bridgehead atoms. The zero-order valence-electron chi connectivity index (χ0n) is 16.1. The quantitative estimate of drug-likeness (QED) is 0.361. The molecule has 3 aromatic carbocycles. The average Bonchev–Trinajstić information content (AvgIpc) is 2.75. The highest BCUT2D eigenvalue weighted by Gasteiger charge is 2.31. The van der Waals surface area contributed by atoms with Crippen molar-refractivity contribution in [1.29, 1.82) is 0 Å². The molecule has 0 atom stereocenters. The van der Waals surface area contributed by atoms with Crippen LogP contribution in [0.1, 0.15) is 15.9 Å². The Morgan fingerprint density at radius 1 is 1.00 bits per heavy atom. The highest BCUT2D eigenvalue weighted by Crippen LogP contribution is 2.41. The van der Waals surface area contributed by atoms with Gasteiger partial charge in [-0.25, -0.2) is 0 Å². The van der Waals surface area contributed by atoms with Crippen LogP contribution in [0, 0.1) is 0 Å². The molecule has 162 valence electrons. The summed E-state index contributed by atoms with van der Waals surface area (Å²) in [5.74, 6) is -0.973. The molecular formula is C23H14ClF3N2O3. The molecule has 0 spiro atoms. The number of aromatic nitrogens is 1. The number of aromatic amines is 1. The van der Waals surface area contributed by atoms with Gasteiger partial charge < -0.3 is 15.4 Å². The summed E-state index contributed by atoms with van der Waals surface area (Å²) in [6, 6.07) is 14.7. The van der Waals surface area contributed by atoms with Crippen molar-refractivity contribution in [1.82, 2.24) is 4.98 Å². The Kier molecular flexibility index (Phi) is 5.40. The fraction of sp³-hybridized carbons (Fsp3) is 0.0435. The van der Waals surface area contributed by atoms with Gasteiger partial charge in [-0.05, 0) is 48.5 Å². The van der Waals surface area contributed by atoms with E-state index in [1.807, 2.05) is 0 Å². The summed E-state index contributed by atoms with van der Waals surface area (Å²) in [5.41, 5.74) is -1.79. The Morgan fingerprint density at radius 2 is 1.72 bits per heavy atom. The van der Waals surface area contributed by atoms with E-state index in [-0.39, 0.29) is 44.1 Å². The summed E-state index contributed by atoms with van der Waals surface area (Å²) in [6.45, 7) is 0. The second kappa shape index (κ2) is 8.05. The third kappa shape index (κ3) is 4.04. The first-order chi connectivity index (χ1) is 15.1. The molecule has 0 unspecified atom stereocenters. The van der Waals surface area contributed by atoms with Crippen molar-refractivity contribution >= 4 is 34.1 Å². The molecule has 4 aromatic rings. The predicted octanol–water partition coefficient (Wildman–Crippen LogP) is 5.83. The van der Waals surface area contributed by atoms with Crippen molar-refractivity contribution in [2.75, 3.05) is 5.32 Å². The van der Waals surface area contributed by atoms with Gasteiger partial charge in [0.05, 0.1) is 5.56 Å². The van der Waals surface area contributed by atoms with Crippen molar-refractivity contribution in [2.24, 2.45) is 0 Å². The Bertz CT molecular complexity index is 1400. The summed E-state index contributed by atoms with van der Waals surface area (Å²) < 4.78 is 40.2. The lowest BCUT2D eigenvalue weighted by Gasteiger charge is -2.16. The molecule has 0 aliphatic carbocycles. The van der Waals surface area contributed by atoms with Gasteiger partial charge in [-0.15, -0.1) is 0 Å². The van der Waals surface area contributed by atoms with E-state index >= 15 is 0 Å². The second-order valence-corrected chi connectivity index (χ2v) is 7.38. The minimum absolute atomic E-state index is 0.00344. The maximum atomic E-state index is 13.4. The number of nitrogens with one attached hydrogen (secondary N) is 2. The molecule has 1 amide bonds. The summed E-state index contributed by atoms with van der Waals surface area (Å²) in [4.78, 5) is 28.1. The van der Waals surface area contributed by atoms with Crippen molar-refractivity contribution < 1.29 is 23.1 Å². The first-order valence-corrected chi connectivity index (χ1v) is 9.65. The fourth-order valence-corrected chi connectivity index (χ4v) is 3.52. The smallest absolute Gasteiger partial charge is 0.416 e. The Morgan fingerprint density at radius 3 is 2.41 bits per heavy atom. The van der Waals surface area contributed by atoms with Crippen molar-refractivity contribution in [3.8, 4) is 16.9 Å². The third-order valence-electron chi connectivity index (χ3n) is 4.84. The topological polar surface area (TPSA) is 82.2 Å². The van der Waals surface area contributed by atoms with E-state index in [9.17, 15) is 27.9 Å². The zero-order chi connectivity index (χ0) is 23.0. The number of amides is 1. The minimum atomic E-state index is -4.65. The van der Waals surface area contributed by atoms with Gasteiger partial charge in [-0.3, -0.25) is 9.59 Å². The van der Waals surface area contributed by atoms with E-state index in [4.69, 9.17) is 11.6 Å². The average molecular weight is 459 g/mol.